The Balaban J connectivity index is 3.31. The zero-order chi connectivity index (χ0) is 9.14. The van der Waals surface area contributed by atoms with Gasteiger partial charge in [0.05, 0.1) is 7.11 Å². The van der Waals surface area contributed by atoms with Crippen molar-refractivity contribution in [1.29, 1.82) is 0 Å². The van der Waals surface area contributed by atoms with Crippen molar-refractivity contribution in [2.75, 3.05) is 7.11 Å². The molecule has 0 spiro atoms. The van der Waals surface area contributed by atoms with Gasteiger partial charge in [0.1, 0.15) is 0 Å². The second-order valence-electron chi connectivity index (χ2n) is 2.12. The van der Waals surface area contributed by atoms with Crippen LogP contribution < -0.4 is 4.74 Å². The fraction of sp³-hybridized carbons (Fsp3) is 0.111. The van der Waals surface area contributed by atoms with Gasteiger partial charge in [-0.05, 0) is 12.1 Å². The summed E-state index contributed by atoms with van der Waals surface area (Å²) in [6.45, 7) is 0. The molecule has 0 bridgehead atoms. The Bertz CT molecular complexity index is 339. The largest absolute Gasteiger partial charge is 0.494 e. The highest BCUT2D eigenvalue weighted by Gasteiger charge is 2.09. The Morgan fingerprint density at radius 3 is 2.58 bits per heavy atom. The highest BCUT2D eigenvalue weighted by atomic mass is 19.2. The van der Waals surface area contributed by atoms with Crippen molar-refractivity contribution in [3.8, 4) is 18.1 Å². The smallest absolute Gasteiger partial charge is 0.200 e. The number of ether oxygens (including phenoxy) is 1. The van der Waals surface area contributed by atoms with Gasteiger partial charge < -0.3 is 4.74 Å². The normalized spacial score (nSPS) is 9.17. The number of rotatable bonds is 1. The van der Waals surface area contributed by atoms with Crippen molar-refractivity contribution in [3.05, 3.63) is 29.3 Å². The molecule has 0 saturated carbocycles. The minimum absolute atomic E-state index is 0.178. The van der Waals surface area contributed by atoms with Crippen LogP contribution in [0.3, 0.4) is 0 Å². The van der Waals surface area contributed by atoms with Gasteiger partial charge in [-0.25, -0.2) is 4.39 Å². The maximum absolute atomic E-state index is 12.7. The molecule has 1 rings (SSSR count). The van der Waals surface area contributed by atoms with Crippen LogP contribution in [0.5, 0.6) is 5.75 Å². The molecule has 1 aromatic rings. The van der Waals surface area contributed by atoms with E-state index in [0.717, 1.165) is 6.07 Å². The summed E-state index contributed by atoms with van der Waals surface area (Å²) < 4.78 is 30.0. The Morgan fingerprint density at radius 2 is 2.08 bits per heavy atom. The Labute approximate surface area is 69.0 Å². The standard InChI is InChI=1S/C9H6F2O/c1-3-6-4-7(10)9(11)8(5-6)12-2/h1,4-5H,2H3. The molecule has 0 aliphatic heterocycles. The molecule has 0 N–H and O–H groups in total. The predicted octanol–water partition coefficient (Wildman–Crippen LogP) is 1.95. The van der Waals surface area contributed by atoms with Crippen LogP contribution >= 0.6 is 0 Å². The molecule has 0 aromatic heterocycles. The summed E-state index contributed by atoms with van der Waals surface area (Å²) in [5.74, 6) is -0.00977. The van der Waals surface area contributed by atoms with E-state index in [-0.39, 0.29) is 11.3 Å². The summed E-state index contributed by atoms with van der Waals surface area (Å²) in [5.41, 5.74) is 0.255. The highest BCUT2D eigenvalue weighted by molar-refractivity contribution is 5.39. The summed E-state index contributed by atoms with van der Waals surface area (Å²) in [6.07, 6.45) is 5.00. The lowest BCUT2D eigenvalue weighted by Gasteiger charge is -2.02. The van der Waals surface area contributed by atoms with Crippen LogP contribution in [-0.4, -0.2) is 7.11 Å². The first-order chi connectivity index (χ1) is 5.69. The van der Waals surface area contributed by atoms with E-state index in [1.807, 2.05) is 0 Å². The summed E-state index contributed by atoms with van der Waals surface area (Å²) in [7, 11) is 1.25. The van der Waals surface area contributed by atoms with Gasteiger partial charge in [0.25, 0.3) is 0 Å². The monoisotopic (exact) mass is 168 g/mol. The lowest BCUT2D eigenvalue weighted by molar-refractivity contribution is 0.371. The lowest BCUT2D eigenvalue weighted by Crippen LogP contribution is -1.93. The molecule has 62 valence electrons. The van der Waals surface area contributed by atoms with Crippen molar-refractivity contribution in [2.24, 2.45) is 0 Å². The fourth-order valence-electron chi connectivity index (χ4n) is 0.796. The number of methoxy groups -OCH3 is 1. The van der Waals surface area contributed by atoms with E-state index < -0.39 is 11.6 Å². The van der Waals surface area contributed by atoms with Crippen LogP contribution in [0.4, 0.5) is 8.78 Å². The van der Waals surface area contributed by atoms with E-state index in [9.17, 15) is 8.78 Å². The molecule has 0 atom stereocenters. The molecular formula is C9H6F2O. The first kappa shape index (κ1) is 8.54. The average Bonchev–Trinajstić information content (AvgIpc) is 2.09. The summed E-state index contributed by atoms with van der Waals surface area (Å²) >= 11 is 0. The van der Waals surface area contributed by atoms with Gasteiger partial charge in [-0.3, -0.25) is 0 Å². The summed E-state index contributed by atoms with van der Waals surface area (Å²) in [4.78, 5) is 0. The molecule has 0 aliphatic rings. The minimum Gasteiger partial charge on any atom is -0.494 e. The Morgan fingerprint density at radius 1 is 1.42 bits per heavy atom. The molecule has 3 heteroatoms. The number of benzene rings is 1. The van der Waals surface area contributed by atoms with E-state index in [0.29, 0.717) is 0 Å². The lowest BCUT2D eigenvalue weighted by atomic mass is 10.2. The van der Waals surface area contributed by atoms with Crippen LogP contribution in [0.25, 0.3) is 0 Å². The van der Waals surface area contributed by atoms with Gasteiger partial charge in [-0.2, -0.15) is 4.39 Å². The topological polar surface area (TPSA) is 9.23 Å². The third-order valence-electron chi connectivity index (χ3n) is 1.38. The van der Waals surface area contributed by atoms with Crippen LogP contribution in [-0.2, 0) is 0 Å². The zero-order valence-corrected chi connectivity index (χ0v) is 6.40. The predicted molar refractivity (Wildman–Crippen MR) is 40.8 cm³/mol. The molecule has 0 fully saturated rings. The molecule has 0 radical (unpaired) electrons. The van der Waals surface area contributed by atoms with Crippen molar-refractivity contribution in [3.63, 3.8) is 0 Å². The van der Waals surface area contributed by atoms with Crippen molar-refractivity contribution >= 4 is 0 Å². The van der Waals surface area contributed by atoms with Crippen molar-refractivity contribution in [1.82, 2.24) is 0 Å². The SMILES string of the molecule is C#Cc1cc(F)c(F)c(OC)c1. The number of hydrogen-bond donors (Lipinski definition) is 0. The van der Waals surface area contributed by atoms with Crippen LogP contribution in [0, 0.1) is 24.0 Å². The Kier molecular flexibility index (Phi) is 2.29. The third-order valence-corrected chi connectivity index (χ3v) is 1.38. The number of hydrogen-bond acceptors (Lipinski definition) is 1. The van der Waals surface area contributed by atoms with Gasteiger partial charge >= 0.3 is 0 Å². The number of terminal acetylenes is 1. The second-order valence-corrected chi connectivity index (χ2v) is 2.12. The van der Waals surface area contributed by atoms with Crippen LogP contribution in [0.15, 0.2) is 12.1 Å². The van der Waals surface area contributed by atoms with Crippen molar-refractivity contribution < 1.29 is 13.5 Å². The number of halogens is 2. The quantitative estimate of drug-likeness (QED) is 0.582. The molecule has 0 aliphatic carbocycles. The van der Waals surface area contributed by atoms with E-state index in [1.54, 1.807) is 0 Å². The second kappa shape index (κ2) is 3.22. The fourth-order valence-corrected chi connectivity index (χ4v) is 0.796. The zero-order valence-electron chi connectivity index (χ0n) is 6.40. The molecule has 1 aromatic carbocycles. The highest BCUT2D eigenvalue weighted by Crippen LogP contribution is 2.20. The Hall–Kier alpha value is -1.56. The molecule has 0 unspecified atom stereocenters. The van der Waals surface area contributed by atoms with Crippen LogP contribution in [0.2, 0.25) is 0 Å². The molecule has 0 amide bonds. The summed E-state index contributed by atoms with van der Waals surface area (Å²) in [6, 6.07) is 2.20. The van der Waals surface area contributed by atoms with Gasteiger partial charge in [0.2, 0.25) is 5.82 Å². The first-order valence-electron chi connectivity index (χ1n) is 3.18. The summed E-state index contributed by atoms with van der Waals surface area (Å²) in [5, 5.41) is 0. The molecule has 0 saturated heterocycles. The molecule has 1 nitrogen and oxygen atoms in total. The van der Waals surface area contributed by atoms with Gasteiger partial charge in [0.15, 0.2) is 11.6 Å². The minimum atomic E-state index is -1.02. The molecule has 12 heavy (non-hydrogen) atoms. The van der Waals surface area contributed by atoms with Gasteiger partial charge in [0, 0.05) is 5.56 Å². The maximum atomic E-state index is 12.7. The van der Waals surface area contributed by atoms with E-state index in [2.05, 4.69) is 10.7 Å². The first-order valence-corrected chi connectivity index (χ1v) is 3.18. The maximum Gasteiger partial charge on any atom is 0.200 e. The van der Waals surface area contributed by atoms with E-state index in [1.165, 1.54) is 13.2 Å². The van der Waals surface area contributed by atoms with Gasteiger partial charge in [-0.1, -0.05) is 5.92 Å². The van der Waals surface area contributed by atoms with E-state index in [4.69, 9.17) is 6.42 Å². The van der Waals surface area contributed by atoms with Crippen LogP contribution in [0.1, 0.15) is 5.56 Å². The van der Waals surface area contributed by atoms with E-state index >= 15 is 0 Å². The van der Waals surface area contributed by atoms with Gasteiger partial charge in [-0.15, -0.1) is 6.42 Å². The average molecular weight is 168 g/mol. The van der Waals surface area contributed by atoms with Crippen molar-refractivity contribution in [2.45, 2.75) is 0 Å². The molecular weight excluding hydrogens is 162 g/mol. The third kappa shape index (κ3) is 1.37. The molecule has 0 heterocycles.